The number of hydrogen-bond donors (Lipinski definition) is 1. The zero-order chi connectivity index (χ0) is 14.3. The summed E-state index contributed by atoms with van der Waals surface area (Å²) in [4.78, 5) is 15.0. The Morgan fingerprint density at radius 2 is 2.21 bits per heavy atom. The molecule has 0 saturated carbocycles. The smallest absolute Gasteiger partial charge is 0.301 e. The molecule has 0 saturated heterocycles. The lowest BCUT2D eigenvalue weighted by Crippen LogP contribution is -2.04. The van der Waals surface area contributed by atoms with E-state index in [2.05, 4.69) is 31.1 Å². The van der Waals surface area contributed by atoms with Gasteiger partial charge in [0.1, 0.15) is 5.82 Å². The summed E-state index contributed by atoms with van der Waals surface area (Å²) >= 11 is 1.46. The Morgan fingerprint density at radius 3 is 2.79 bits per heavy atom. The maximum atomic E-state index is 11.0. The molecule has 1 N–H and O–H groups in total. The summed E-state index contributed by atoms with van der Waals surface area (Å²) in [5.41, 5.74) is 0.0929. The number of nitrogens with zero attached hydrogens (tertiary/aromatic N) is 2. The highest BCUT2D eigenvalue weighted by atomic mass is 32.2. The molecule has 5 nitrogen and oxygen atoms in total. The van der Waals surface area contributed by atoms with E-state index in [0.717, 1.165) is 25.1 Å². The van der Waals surface area contributed by atoms with Gasteiger partial charge in [-0.1, -0.05) is 39.0 Å². The van der Waals surface area contributed by atoms with E-state index in [1.165, 1.54) is 17.8 Å². The van der Waals surface area contributed by atoms with Crippen LogP contribution in [0.25, 0.3) is 0 Å². The molecule has 0 aliphatic rings. The molecule has 1 atom stereocenters. The summed E-state index contributed by atoms with van der Waals surface area (Å²) in [6.07, 6.45) is 2.06. The van der Waals surface area contributed by atoms with Crippen LogP contribution >= 0.6 is 11.8 Å². The number of nitrogens with one attached hydrogen (secondary N) is 1. The van der Waals surface area contributed by atoms with Gasteiger partial charge in [0.15, 0.2) is 5.03 Å². The molecule has 6 heteroatoms. The Bertz CT molecular complexity index is 426. The van der Waals surface area contributed by atoms with Crippen molar-refractivity contribution in [2.75, 3.05) is 17.6 Å². The third-order valence-electron chi connectivity index (χ3n) is 2.79. The maximum Gasteiger partial charge on any atom is 0.301 e. The highest BCUT2D eigenvalue weighted by molar-refractivity contribution is 7.99. The molecule has 1 rings (SSSR count). The second-order valence-corrected chi connectivity index (χ2v) is 5.54. The molecular weight excluding hydrogens is 262 g/mol. The predicted molar refractivity (Wildman–Crippen MR) is 79.9 cm³/mol. The highest BCUT2D eigenvalue weighted by Gasteiger charge is 2.17. The van der Waals surface area contributed by atoms with Gasteiger partial charge in [0.25, 0.3) is 0 Å². The molecule has 0 aliphatic carbocycles. The van der Waals surface area contributed by atoms with Crippen LogP contribution in [0.1, 0.15) is 33.6 Å². The Hall–Kier alpha value is -1.30. The van der Waals surface area contributed by atoms with Crippen molar-refractivity contribution in [3.63, 3.8) is 0 Å². The minimum absolute atomic E-state index is 0.0929. The molecule has 0 fully saturated rings. The van der Waals surface area contributed by atoms with E-state index in [0.29, 0.717) is 16.8 Å². The van der Waals surface area contributed by atoms with Gasteiger partial charge >= 0.3 is 5.69 Å². The van der Waals surface area contributed by atoms with Crippen molar-refractivity contribution in [1.29, 1.82) is 0 Å². The summed E-state index contributed by atoms with van der Waals surface area (Å²) < 4.78 is 0. The Balaban J connectivity index is 2.85. The van der Waals surface area contributed by atoms with Gasteiger partial charge in [0.05, 0.1) is 4.92 Å². The first-order chi connectivity index (χ1) is 9.08. The van der Waals surface area contributed by atoms with Crippen LogP contribution in [0.3, 0.4) is 0 Å². The second kappa shape index (κ2) is 7.99. The van der Waals surface area contributed by atoms with Gasteiger partial charge in [-0.2, -0.15) is 0 Å². The van der Waals surface area contributed by atoms with E-state index in [4.69, 9.17) is 0 Å². The largest absolute Gasteiger partial charge is 0.370 e. The van der Waals surface area contributed by atoms with Gasteiger partial charge in [0.2, 0.25) is 0 Å². The molecule has 0 aliphatic heterocycles. The predicted octanol–water partition coefficient (Wildman–Crippen LogP) is 3.95. The molecule has 0 spiro atoms. The van der Waals surface area contributed by atoms with Gasteiger partial charge in [-0.3, -0.25) is 10.1 Å². The first-order valence-corrected chi connectivity index (χ1v) is 7.59. The third kappa shape index (κ3) is 5.06. The number of thioether (sulfide) groups is 1. The van der Waals surface area contributed by atoms with Crippen molar-refractivity contribution in [2.24, 2.45) is 5.92 Å². The fourth-order valence-electron chi connectivity index (χ4n) is 1.37. The maximum absolute atomic E-state index is 11.0. The number of rotatable bonds is 8. The van der Waals surface area contributed by atoms with Crippen LogP contribution in [0.4, 0.5) is 11.5 Å². The van der Waals surface area contributed by atoms with Gasteiger partial charge in [0, 0.05) is 18.4 Å². The van der Waals surface area contributed by atoms with Crippen molar-refractivity contribution in [3.8, 4) is 0 Å². The normalized spacial score (nSPS) is 12.2. The Morgan fingerprint density at radius 1 is 1.47 bits per heavy atom. The molecule has 1 heterocycles. The molecule has 1 aromatic rings. The van der Waals surface area contributed by atoms with Crippen LogP contribution in [0, 0.1) is 16.0 Å². The monoisotopic (exact) mass is 283 g/mol. The molecule has 0 radical (unpaired) electrons. The van der Waals surface area contributed by atoms with Crippen LogP contribution in [-0.2, 0) is 0 Å². The topological polar surface area (TPSA) is 68.1 Å². The van der Waals surface area contributed by atoms with Crippen molar-refractivity contribution in [2.45, 2.75) is 38.6 Å². The minimum atomic E-state index is -0.366. The lowest BCUT2D eigenvalue weighted by molar-refractivity contribution is -0.388. The van der Waals surface area contributed by atoms with Crippen LogP contribution in [0.5, 0.6) is 0 Å². The minimum Gasteiger partial charge on any atom is -0.370 e. The summed E-state index contributed by atoms with van der Waals surface area (Å²) in [5.74, 6) is 2.08. The van der Waals surface area contributed by atoms with Crippen LogP contribution in [0.2, 0.25) is 0 Å². The van der Waals surface area contributed by atoms with E-state index in [1.807, 2.05) is 0 Å². The molecular formula is C13H21N3O2S. The first kappa shape index (κ1) is 15.8. The van der Waals surface area contributed by atoms with Crippen molar-refractivity contribution in [3.05, 3.63) is 22.2 Å². The standard InChI is InChI=1S/C13H21N3O2S/c1-4-8-14-12-7-6-11(16(17)18)13(15-12)19-9-10(3)5-2/h6-7,10H,4-5,8-9H2,1-3H3,(H,14,15). The van der Waals surface area contributed by atoms with E-state index < -0.39 is 0 Å². The summed E-state index contributed by atoms with van der Waals surface area (Å²) in [6, 6.07) is 3.20. The summed E-state index contributed by atoms with van der Waals surface area (Å²) in [6.45, 7) is 7.14. The van der Waals surface area contributed by atoms with Crippen LogP contribution in [-0.4, -0.2) is 22.2 Å². The van der Waals surface area contributed by atoms with E-state index in [-0.39, 0.29) is 10.6 Å². The second-order valence-electron chi connectivity index (χ2n) is 4.53. The van der Waals surface area contributed by atoms with E-state index in [1.54, 1.807) is 6.07 Å². The van der Waals surface area contributed by atoms with Crippen LogP contribution in [0.15, 0.2) is 17.2 Å². The van der Waals surface area contributed by atoms with Crippen molar-refractivity contribution in [1.82, 2.24) is 4.98 Å². The molecule has 19 heavy (non-hydrogen) atoms. The van der Waals surface area contributed by atoms with Gasteiger partial charge in [-0.15, -0.1) is 0 Å². The number of anilines is 1. The molecule has 106 valence electrons. The summed E-state index contributed by atoms with van der Waals surface area (Å²) in [5, 5.41) is 14.7. The molecule has 1 unspecified atom stereocenters. The van der Waals surface area contributed by atoms with E-state index >= 15 is 0 Å². The number of aromatic nitrogens is 1. The van der Waals surface area contributed by atoms with Crippen LogP contribution < -0.4 is 5.32 Å². The quantitative estimate of drug-likeness (QED) is 0.444. The van der Waals surface area contributed by atoms with Crippen molar-refractivity contribution >= 4 is 23.3 Å². The van der Waals surface area contributed by atoms with Crippen molar-refractivity contribution < 1.29 is 4.92 Å². The number of hydrogen-bond acceptors (Lipinski definition) is 5. The average Bonchev–Trinajstić information content (AvgIpc) is 2.42. The fourth-order valence-corrected chi connectivity index (χ4v) is 2.50. The number of pyridine rings is 1. The third-order valence-corrected chi connectivity index (χ3v) is 4.10. The Labute approximate surface area is 118 Å². The lowest BCUT2D eigenvalue weighted by Gasteiger charge is -2.09. The van der Waals surface area contributed by atoms with Gasteiger partial charge < -0.3 is 5.32 Å². The number of nitro groups is 1. The zero-order valence-electron chi connectivity index (χ0n) is 11.7. The zero-order valence-corrected chi connectivity index (χ0v) is 12.5. The SMILES string of the molecule is CCCNc1ccc([N+](=O)[O-])c(SCC(C)CC)n1. The summed E-state index contributed by atoms with van der Waals surface area (Å²) in [7, 11) is 0. The molecule has 0 bridgehead atoms. The first-order valence-electron chi connectivity index (χ1n) is 6.60. The van der Waals surface area contributed by atoms with Gasteiger partial charge in [-0.25, -0.2) is 4.98 Å². The fraction of sp³-hybridized carbons (Fsp3) is 0.615. The average molecular weight is 283 g/mol. The lowest BCUT2D eigenvalue weighted by atomic mass is 10.2. The van der Waals surface area contributed by atoms with E-state index in [9.17, 15) is 10.1 Å². The van der Waals surface area contributed by atoms with Gasteiger partial charge in [-0.05, 0) is 18.4 Å². The molecule has 0 amide bonds. The molecule has 0 aromatic carbocycles. The highest BCUT2D eigenvalue weighted by Crippen LogP contribution is 2.30. The molecule has 1 aromatic heterocycles. The Kier molecular flexibility index (Phi) is 6.62.